The van der Waals surface area contributed by atoms with Gasteiger partial charge in [-0.3, -0.25) is 4.68 Å². The second-order valence-corrected chi connectivity index (χ2v) is 2.99. The van der Waals surface area contributed by atoms with Gasteiger partial charge < -0.3 is 15.3 Å². The van der Waals surface area contributed by atoms with Gasteiger partial charge in [0.15, 0.2) is 0 Å². The highest BCUT2D eigenvalue weighted by molar-refractivity contribution is 5.88. The van der Waals surface area contributed by atoms with Gasteiger partial charge in [0.25, 0.3) is 0 Å². The maximum absolute atomic E-state index is 5.73. The Morgan fingerprint density at radius 1 is 1.21 bits per heavy atom. The number of benzene rings is 1. The highest BCUT2D eigenvalue weighted by Gasteiger charge is 2.07. The largest absolute Gasteiger partial charge is 0.497 e. The van der Waals surface area contributed by atoms with E-state index in [-0.39, 0.29) is 0 Å². The molecule has 0 unspecified atom stereocenters. The topological polar surface area (TPSA) is 49.4 Å². The third-order valence-electron chi connectivity index (χ3n) is 2.23. The molecule has 0 bridgehead atoms. The number of nitrogen functional groups attached to an aromatic ring is 1. The monoisotopic (exact) mass is 192 g/mol. The number of nitrogens with two attached hydrogens (primary N) is 1. The Kier molecular flexibility index (Phi) is 1.96. The molecule has 74 valence electrons. The van der Waals surface area contributed by atoms with E-state index in [2.05, 4.69) is 0 Å². The first-order valence-corrected chi connectivity index (χ1v) is 4.24. The Labute approximate surface area is 81.8 Å². The molecule has 2 N–H and O–H groups in total. The van der Waals surface area contributed by atoms with Gasteiger partial charge in [-0.1, -0.05) is 0 Å². The maximum atomic E-state index is 5.73. The Balaban J connectivity index is 2.76. The van der Waals surface area contributed by atoms with E-state index in [1.165, 1.54) is 0 Å². The molecule has 0 atom stereocenters. The van der Waals surface area contributed by atoms with E-state index in [0.29, 0.717) is 0 Å². The van der Waals surface area contributed by atoms with Gasteiger partial charge in [0.2, 0.25) is 0 Å². The van der Waals surface area contributed by atoms with Crippen LogP contribution in [0.1, 0.15) is 0 Å². The summed E-state index contributed by atoms with van der Waals surface area (Å²) in [6.45, 7) is 0. The van der Waals surface area contributed by atoms with Gasteiger partial charge in [0.1, 0.15) is 11.5 Å². The quantitative estimate of drug-likeness (QED) is 0.731. The lowest BCUT2D eigenvalue weighted by molar-refractivity contribution is 0.398. The van der Waals surface area contributed by atoms with Crippen LogP contribution in [0.15, 0.2) is 24.4 Å². The first kappa shape index (κ1) is 8.74. The molecule has 1 heterocycles. The maximum Gasteiger partial charge on any atom is 0.132 e. The van der Waals surface area contributed by atoms with Crippen LogP contribution in [0.3, 0.4) is 0 Å². The van der Waals surface area contributed by atoms with Crippen LogP contribution >= 0.6 is 0 Å². The highest BCUT2D eigenvalue weighted by atomic mass is 16.5. The molecule has 0 fully saturated rings. The fourth-order valence-corrected chi connectivity index (χ4v) is 1.49. The molecule has 1 aromatic heterocycles. The molecule has 0 radical (unpaired) electrons. The van der Waals surface area contributed by atoms with Crippen molar-refractivity contribution in [3.8, 4) is 11.5 Å². The minimum absolute atomic E-state index is 0.736. The summed E-state index contributed by atoms with van der Waals surface area (Å²) in [6.07, 6.45) is 1.78. The highest BCUT2D eigenvalue weighted by Crippen LogP contribution is 2.30. The van der Waals surface area contributed by atoms with Gasteiger partial charge in [0.05, 0.1) is 19.7 Å². The van der Waals surface area contributed by atoms with E-state index in [9.17, 15) is 0 Å². The number of aromatic nitrogens is 1. The van der Waals surface area contributed by atoms with Gasteiger partial charge >= 0.3 is 0 Å². The summed E-state index contributed by atoms with van der Waals surface area (Å²) in [6, 6.07) is 5.62. The van der Waals surface area contributed by atoms with E-state index in [0.717, 1.165) is 22.4 Å². The van der Waals surface area contributed by atoms with Crippen LogP contribution in [0.25, 0.3) is 10.9 Å². The fraction of sp³-hybridized carbons (Fsp3) is 0.200. The second-order valence-electron chi connectivity index (χ2n) is 2.99. The summed E-state index contributed by atoms with van der Waals surface area (Å²) < 4.78 is 11.9. The average Bonchev–Trinajstić information content (AvgIpc) is 2.59. The zero-order valence-electron chi connectivity index (χ0n) is 8.15. The van der Waals surface area contributed by atoms with Crippen molar-refractivity contribution >= 4 is 10.9 Å². The molecule has 0 amide bonds. The van der Waals surface area contributed by atoms with E-state index in [1.54, 1.807) is 25.1 Å². The van der Waals surface area contributed by atoms with Crippen LogP contribution in [0, 0.1) is 0 Å². The molecular formula is C10H12N2O2. The normalized spacial score (nSPS) is 10.4. The smallest absolute Gasteiger partial charge is 0.132 e. The third kappa shape index (κ3) is 1.16. The predicted molar refractivity (Wildman–Crippen MR) is 55.2 cm³/mol. The zero-order chi connectivity index (χ0) is 10.1. The molecular weight excluding hydrogens is 180 g/mol. The number of hydrogen-bond donors (Lipinski definition) is 1. The average molecular weight is 192 g/mol. The molecule has 0 saturated heterocycles. The molecule has 14 heavy (non-hydrogen) atoms. The molecule has 2 rings (SSSR count). The molecule has 0 aliphatic carbocycles. The molecule has 4 heteroatoms. The van der Waals surface area contributed by atoms with Crippen LogP contribution in [0.2, 0.25) is 0 Å². The number of ether oxygens (including phenoxy) is 2. The second kappa shape index (κ2) is 3.14. The van der Waals surface area contributed by atoms with Crippen LogP contribution in [0.4, 0.5) is 0 Å². The molecule has 0 aliphatic heterocycles. The summed E-state index contributed by atoms with van der Waals surface area (Å²) in [5, 5.41) is 0.982. The summed E-state index contributed by atoms with van der Waals surface area (Å²) in [7, 11) is 3.24. The number of methoxy groups -OCH3 is 2. The van der Waals surface area contributed by atoms with Crippen molar-refractivity contribution < 1.29 is 9.47 Å². The summed E-state index contributed by atoms with van der Waals surface area (Å²) in [5.41, 5.74) is 0.890. The molecule has 4 nitrogen and oxygen atoms in total. The van der Waals surface area contributed by atoms with Crippen molar-refractivity contribution in [3.63, 3.8) is 0 Å². The first-order valence-electron chi connectivity index (χ1n) is 4.24. The fourth-order valence-electron chi connectivity index (χ4n) is 1.49. The van der Waals surface area contributed by atoms with Gasteiger partial charge in [0, 0.05) is 23.7 Å². The van der Waals surface area contributed by atoms with Crippen LogP contribution in [0.5, 0.6) is 11.5 Å². The Bertz CT molecular complexity index is 462. The Morgan fingerprint density at radius 3 is 2.64 bits per heavy atom. The van der Waals surface area contributed by atoms with Gasteiger partial charge in [-0.2, -0.15) is 0 Å². The van der Waals surface area contributed by atoms with Crippen molar-refractivity contribution in [2.45, 2.75) is 0 Å². The predicted octanol–water partition coefficient (Wildman–Crippen LogP) is 1.37. The zero-order valence-corrected chi connectivity index (χ0v) is 8.15. The van der Waals surface area contributed by atoms with Crippen LogP contribution < -0.4 is 15.3 Å². The van der Waals surface area contributed by atoms with Gasteiger partial charge in [-0.15, -0.1) is 0 Å². The lowest BCUT2D eigenvalue weighted by atomic mass is 10.2. The van der Waals surface area contributed by atoms with E-state index in [4.69, 9.17) is 15.3 Å². The van der Waals surface area contributed by atoms with Crippen LogP contribution in [-0.2, 0) is 0 Å². The number of rotatable bonds is 2. The van der Waals surface area contributed by atoms with E-state index >= 15 is 0 Å². The lowest BCUT2D eigenvalue weighted by Crippen LogP contribution is -2.05. The van der Waals surface area contributed by atoms with Gasteiger partial charge in [-0.25, -0.2) is 0 Å². The van der Waals surface area contributed by atoms with Crippen molar-refractivity contribution in [1.82, 2.24) is 4.68 Å². The Hall–Kier alpha value is -1.84. The lowest BCUT2D eigenvalue weighted by Gasteiger charge is -2.06. The molecule has 0 aliphatic rings. The first-order chi connectivity index (χ1) is 6.76. The number of fused-ring (bicyclic) bond motifs is 1. The van der Waals surface area contributed by atoms with Crippen molar-refractivity contribution in [1.29, 1.82) is 0 Å². The summed E-state index contributed by atoms with van der Waals surface area (Å²) >= 11 is 0. The molecule has 1 aromatic carbocycles. The standard InChI is InChI=1S/C10H12N2O2/c1-13-7-5-9-8(3-4-12(9)11)10(6-7)14-2/h3-6H,11H2,1-2H3. The molecule has 2 aromatic rings. The van der Waals surface area contributed by atoms with Crippen LogP contribution in [-0.4, -0.2) is 18.9 Å². The SMILES string of the molecule is COc1cc(OC)c2ccn(N)c2c1. The van der Waals surface area contributed by atoms with E-state index < -0.39 is 0 Å². The summed E-state index contributed by atoms with van der Waals surface area (Å²) in [5.74, 6) is 7.23. The number of hydrogen-bond acceptors (Lipinski definition) is 3. The Morgan fingerprint density at radius 2 is 2.00 bits per heavy atom. The molecule has 0 spiro atoms. The molecule has 0 saturated carbocycles. The van der Waals surface area contributed by atoms with Crippen molar-refractivity contribution in [2.75, 3.05) is 20.1 Å². The van der Waals surface area contributed by atoms with Gasteiger partial charge in [-0.05, 0) is 6.07 Å². The summed E-state index contributed by atoms with van der Waals surface area (Å²) in [4.78, 5) is 0. The minimum atomic E-state index is 0.736. The van der Waals surface area contributed by atoms with Crippen molar-refractivity contribution in [3.05, 3.63) is 24.4 Å². The minimum Gasteiger partial charge on any atom is -0.497 e. The number of nitrogens with zero attached hydrogens (tertiary/aromatic N) is 1. The van der Waals surface area contributed by atoms with E-state index in [1.807, 2.05) is 18.2 Å². The van der Waals surface area contributed by atoms with Crippen molar-refractivity contribution in [2.24, 2.45) is 0 Å². The third-order valence-corrected chi connectivity index (χ3v) is 2.23.